The third-order valence-electron chi connectivity index (χ3n) is 3.51. The fraction of sp³-hybridized carbons (Fsp3) is 0.562. The van der Waals surface area contributed by atoms with Crippen LogP contribution in [-0.4, -0.2) is 36.2 Å². The van der Waals surface area contributed by atoms with E-state index in [-0.39, 0.29) is 18.2 Å². The molecule has 0 spiro atoms. The lowest BCUT2D eigenvalue weighted by atomic mass is 10.1. The van der Waals surface area contributed by atoms with Crippen molar-refractivity contribution in [3.63, 3.8) is 0 Å². The lowest BCUT2D eigenvalue weighted by Gasteiger charge is -2.33. The van der Waals surface area contributed by atoms with Crippen molar-refractivity contribution < 1.29 is 9.53 Å². The number of hydrogen-bond donors (Lipinski definition) is 1. The van der Waals surface area contributed by atoms with E-state index >= 15 is 0 Å². The summed E-state index contributed by atoms with van der Waals surface area (Å²) in [5.41, 5.74) is 0.989. The first-order valence-corrected chi connectivity index (χ1v) is 7.84. The summed E-state index contributed by atoms with van der Waals surface area (Å²) in [6.45, 7) is 5.86. The zero-order valence-corrected chi connectivity index (χ0v) is 13.4. The molecule has 1 fully saturated rings. The molecule has 1 aromatic carbocycles. The van der Waals surface area contributed by atoms with Crippen LogP contribution < -0.4 is 5.32 Å². The van der Waals surface area contributed by atoms with Crippen LogP contribution in [0.5, 0.6) is 0 Å². The second-order valence-corrected chi connectivity index (χ2v) is 6.12. The molecule has 0 aromatic heterocycles. The van der Waals surface area contributed by atoms with E-state index in [2.05, 4.69) is 5.32 Å². The van der Waals surface area contributed by atoms with Crippen LogP contribution in [0.25, 0.3) is 0 Å². The molecule has 1 saturated heterocycles. The van der Waals surface area contributed by atoms with Gasteiger partial charge in [-0.3, -0.25) is 0 Å². The summed E-state index contributed by atoms with van der Waals surface area (Å²) in [6, 6.07) is 7.84. The summed E-state index contributed by atoms with van der Waals surface area (Å²) < 4.78 is 5.93. The molecule has 1 unspecified atom stereocenters. The van der Waals surface area contributed by atoms with Crippen molar-refractivity contribution in [1.82, 2.24) is 10.2 Å². The molecule has 0 bridgehead atoms. The maximum Gasteiger partial charge on any atom is 0.317 e. The number of halogens is 1. The smallest absolute Gasteiger partial charge is 0.317 e. The molecular formula is C16H23ClN2O2. The molecule has 116 valence electrons. The van der Waals surface area contributed by atoms with E-state index in [1.165, 1.54) is 0 Å². The standard InChI is InChI=1S/C16H23ClN2O2/c1-12(2)18-16(20)19-9-5-7-14(10-19)21-11-13-6-3-4-8-15(13)17/h3-4,6,8,12,14H,5,7,9-11H2,1-2H3,(H,18,20). The number of amides is 2. The molecule has 1 N–H and O–H groups in total. The fourth-order valence-electron chi connectivity index (χ4n) is 2.42. The summed E-state index contributed by atoms with van der Waals surface area (Å²) in [6.07, 6.45) is 2.03. The number of nitrogens with one attached hydrogen (secondary N) is 1. The van der Waals surface area contributed by atoms with Crippen LogP contribution >= 0.6 is 11.6 Å². The van der Waals surface area contributed by atoms with Gasteiger partial charge in [0.15, 0.2) is 0 Å². The van der Waals surface area contributed by atoms with E-state index in [1.54, 1.807) is 0 Å². The minimum absolute atomic E-state index is 0.00366. The number of piperidine rings is 1. The number of rotatable bonds is 4. The number of benzene rings is 1. The van der Waals surface area contributed by atoms with E-state index in [0.717, 1.165) is 30.0 Å². The summed E-state index contributed by atoms with van der Waals surface area (Å²) >= 11 is 6.12. The number of ether oxygens (including phenoxy) is 1. The highest BCUT2D eigenvalue weighted by atomic mass is 35.5. The monoisotopic (exact) mass is 310 g/mol. The van der Waals surface area contributed by atoms with E-state index in [0.29, 0.717) is 13.2 Å². The third-order valence-corrected chi connectivity index (χ3v) is 3.88. The Balaban J connectivity index is 1.84. The highest BCUT2D eigenvalue weighted by molar-refractivity contribution is 6.31. The Bertz CT molecular complexity index is 479. The number of urea groups is 1. The van der Waals surface area contributed by atoms with Crippen molar-refractivity contribution in [3.8, 4) is 0 Å². The Morgan fingerprint density at radius 1 is 1.48 bits per heavy atom. The molecule has 0 saturated carbocycles. The average molecular weight is 311 g/mol. The molecule has 1 aliphatic rings. The minimum Gasteiger partial charge on any atom is -0.372 e. The largest absolute Gasteiger partial charge is 0.372 e. The molecule has 4 nitrogen and oxygen atoms in total. The average Bonchev–Trinajstić information content (AvgIpc) is 2.46. The first kappa shape index (κ1) is 16.1. The first-order valence-electron chi connectivity index (χ1n) is 7.46. The fourth-order valence-corrected chi connectivity index (χ4v) is 2.61. The maximum atomic E-state index is 12.0. The summed E-state index contributed by atoms with van der Waals surface area (Å²) in [5.74, 6) is 0. The van der Waals surface area contributed by atoms with E-state index in [9.17, 15) is 4.79 Å². The van der Waals surface area contributed by atoms with E-state index in [4.69, 9.17) is 16.3 Å². The minimum atomic E-state index is -0.00366. The molecule has 0 radical (unpaired) electrons. The highest BCUT2D eigenvalue weighted by Crippen LogP contribution is 2.19. The van der Waals surface area contributed by atoms with Gasteiger partial charge in [-0.15, -0.1) is 0 Å². The van der Waals surface area contributed by atoms with E-state index < -0.39 is 0 Å². The molecule has 5 heteroatoms. The van der Waals surface area contributed by atoms with Gasteiger partial charge in [-0.1, -0.05) is 29.8 Å². The number of likely N-dealkylation sites (tertiary alicyclic amines) is 1. The van der Waals surface area contributed by atoms with Crippen LogP contribution in [0.4, 0.5) is 4.79 Å². The molecule has 2 amide bonds. The third kappa shape index (κ3) is 4.90. The molecular weight excluding hydrogens is 288 g/mol. The number of hydrogen-bond acceptors (Lipinski definition) is 2. The van der Waals surface area contributed by atoms with Crippen molar-refractivity contribution in [3.05, 3.63) is 34.9 Å². The zero-order chi connectivity index (χ0) is 15.2. The van der Waals surface area contributed by atoms with Crippen LogP contribution in [0.15, 0.2) is 24.3 Å². The summed E-state index contributed by atoms with van der Waals surface area (Å²) in [5, 5.41) is 3.65. The van der Waals surface area contributed by atoms with Gasteiger partial charge >= 0.3 is 6.03 Å². The first-order chi connectivity index (χ1) is 10.1. The topological polar surface area (TPSA) is 41.6 Å². The van der Waals surface area contributed by atoms with Crippen LogP contribution in [0, 0.1) is 0 Å². The van der Waals surface area contributed by atoms with Gasteiger partial charge in [0.05, 0.1) is 12.7 Å². The Morgan fingerprint density at radius 3 is 2.95 bits per heavy atom. The second kappa shape index (κ2) is 7.66. The van der Waals surface area contributed by atoms with Gasteiger partial charge in [0, 0.05) is 24.2 Å². The molecule has 1 aliphatic heterocycles. The van der Waals surface area contributed by atoms with Crippen molar-refractivity contribution in [2.45, 2.75) is 45.4 Å². The Kier molecular flexibility index (Phi) is 5.88. The van der Waals surface area contributed by atoms with Crippen LogP contribution in [-0.2, 0) is 11.3 Å². The SMILES string of the molecule is CC(C)NC(=O)N1CCCC(OCc2ccccc2Cl)C1. The van der Waals surface area contributed by atoms with Gasteiger partial charge < -0.3 is 15.0 Å². The molecule has 1 heterocycles. The molecule has 1 atom stereocenters. The summed E-state index contributed by atoms with van der Waals surface area (Å²) in [4.78, 5) is 13.9. The van der Waals surface area contributed by atoms with Crippen molar-refractivity contribution in [2.75, 3.05) is 13.1 Å². The van der Waals surface area contributed by atoms with Crippen molar-refractivity contribution >= 4 is 17.6 Å². The lowest BCUT2D eigenvalue weighted by molar-refractivity contribution is -0.000467. The molecule has 21 heavy (non-hydrogen) atoms. The van der Waals surface area contributed by atoms with Gasteiger partial charge in [-0.25, -0.2) is 4.79 Å². The molecule has 0 aliphatic carbocycles. The zero-order valence-electron chi connectivity index (χ0n) is 12.6. The lowest BCUT2D eigenvalue weighted by Crippen LogP contribution is -2.49. The van der Waals surface area contributed by atoms with Gasteiger partial charge in [-0.2, -0.15) is 0 Å². The van der Waals surface area contributed by atoms with Crippen molar-refractivity contribution in [2.24, 2.45) is 0 Å². The summed E-state index contributed by atoms with van der Waals surface area (Å²) in [7, 11) is 0. The Hall–Kier alpha value is -1.26. The number of nitrogens with zero attached hydrogens (tertiary/aromatic N) is 1. The Labute approximate surface area is 131 Å². The maximum absolute atomic E-state index is 12.0. The van der Waals surface area contributed by atoms with Crippen LogP contribution in [0.3, 0.4) is 0 Å². The Morgan fingerprint density at radius 2 is 2.24 bits per heavy atom. The van der Waals surface area contributed by atoms with Gasteiger partial charge in [0.2, 0.25) is 0 Å². The van der Waals surface area contributed by atoms with Crippen LogP contribution in [0.2, 0.25) is 5.02 Å². The van der Waals surface area contributed by atoms with E-state index in [1.807, 2.05) is 43.0 Å². The predicted molar refractivity (Wildman–Crippen MR) is 84.5 cm³/mol. The number of carbonyl (C=O) groups excluding carboxylic acids is 1. The molecule has 2 rings (SSSR count). The van der Waals surface area contributed by atoms with Crippen molar-refractivity contribution in [1.29, 1.82) is 0 Å². The van der Waals surface area contributed by atoms with Gasteiger partial charge in [0.1, 0.15) is 0 Å². The predicted octanol–water partition coefficient (Wildman–Crippen LogP) is 3.44. The normalized spacial score (nSPS) is 18.9. The van der Waals surface area contributed by atoms with Gasteiger partial charge in [-0.05, 0) is 38.3 Å². The highest BCUT2D eigenvalue weighted by Gasteiger charge is 2.24. The quantitative estimate of drug-likeness (QED) is 0.925. The second-order valence-electron chi connectivity index (χ2n) is 5.72. The number of carbonyl (C=O) groups is 1. The van der Waals surface area contributed by atoms with Crippen LogP contribution in [0.1, 0.15) is 32.3 Å². The molecule has 1 aromatic rings. The van der Waals surface area contributed by atoms with Gasteiger partial charge in [0.25, 0.3) is 0 Å².